The Bertz CT molecular complexity index is 1270. The summed E-state index contributed by atoms with van der Waals surface area (Å²) in [7, 11) is -3.29. The van der Waals surface area contributed by atoms with Crippen LogP contribution in [0.2, 0.25) is 0 Å². The summed E-state index contributed by atoms with van der Waals surface area (Å²) in [6.45, 7) is 0. The van der Waals surface area contributed by atoms with Gasteiger partial charge >= 0.3 is 0 Å². The van der Waals surface area contributed by atoms with Gasteiger partial charge in [-0.15, -0.1) is 11.3 Å². The highest BCUT2D eigenvalue weighted by Crippen LogP contribution is 2.38. The Hall–Kier alpha value is -2.01. The van der Waals surface area contributed by atoms with Crippen LogP contribution in [-0.4, -0.2) is 36.8 Å². The third-order valence-corrected chi connectivity index (χ3v) is 8.17. The molecule has 0 unspecified atom stereocenters. The van der Waals surface area contributed by atoms with E-state index in [-0.39, 0.29) is 10.8 Å². The fourth-order valence-electron chi connectivity index (χ4n) is 2.52. The standard InChI is InChI=1S/C17H13N3O3S4/c1-24-17-19-12-8-7-11-13(14(12)26-17)25-16(18-11)20-15(21)9-3-5-10(6-4-9)27(2,22)23/h3-8H,1-2H3,(H,18,20,21). The second kappa shape index (κ2) is 6.86. The lowest BCUT2D eigenvalue weighted by Gasteiger charge is -2.03. The summed E-state index contributed by atoms with van der Waals surface area (Å²) in [5, 5.41) is 3.28. The monoisotopic (exact) mass is 435 g/mol. The predicted octanol–water partition coefficient (Wildman–Crippen LogP) is 4.28. The van der Waals surface area contributed by atoms with Crippen LogP contribution in [0.5, 0.6) is 0 Å². The van der Waals surface area contributed by atoms with Gasteiger partial charge in [0, 0.05) is 11.8 Å². The Kier molecular flexibility index (Phi) is 4.66. The first-order chi connectivity index (χ1) is 12.8. The van der Waals surface area contributed by atoms with E-state index in [9.17, 15) is 13.2 Å². The van der Waals surface area contributed by atoms with Crippen molar-refractivity contribution in [3.8, 4) is 0 Å². The van der Waals surface area contributed by atoms with E-state index in [0.717, 1.165) is 31.0 Å². The second-order valence-electron chi connectivity index (χ2n) is 5.72. The lowest BCUT2D eigenvalue weighted by Crippen LogP contribution is -2.11. The van der Waals surface area contributed by atoms with E-state index in [1.165, 1.54) is 35.6 Å². The maximum atomic E-state index is 12.5. The molecule has 138 valence electrons. The minimum Gasteiger partial charge on any atom is -0.298 e. The van der Waals surface area contributed by atoms with Crippen molar-refractivity contribution >= 4 is 75.7 Å². The molecule has 4 aromatic rings. The topological polar surface area (TPSA) is 89.0 Å². The van der Waals surface area contributed by atoms with Gasteiger partial charge in [-0.2, -0.15) is 0 Å². The van der Waals surface area contributed by atoms with E-state index < -0.39 is 9.84 Å². The molecule has 0 saturated heterocycles. The van der Waals surface area contributed by atoms with Crippen LogP contribution in [0.25, 0.3) is 20.4 Å². The molecule has 0 aliphatic heterocycles. The van der Waals surface area contributed by atoms with Gasteiger partial charge in [-0.3, -0.25) is 10.1 Å². The van der Waals surface area contributed by atoms with Crippen LogP contribution in [0.4, 0.5) is 5.13 Å². The van der Waals surface area contributed by atoms with E-state index in [2.05, 4.69) is 15.3 Å². The SMILES string of the molecule is CSc1nc2ccc3nc(NC(=O)c4ccc(S(C)(=O)=O)cc4)sc3c2s1. The molecule has 6 nitrogen and oxygen atoms in total. The Labute approximate surface area is 167 Å². The number of nitrogens with zero attached hydrogens (tertiary/aromatic N) is 2. The Morgan fingerprint density at radius 2 is 1.63 bits per heavy atom. The van der Waals surface area contributed by atoms with Crippen molar-refractivity contribution in [3.63, 3.8) is 0 Å². The van der Waals surface area contributed by atoms with Crippen molar-refractivity contribution in [1.82, 2.24) is 9.97 Å². The zero-order valence-corrected chi connectivity index (χ0v) is 17.5. The summed E-state index contributed by atoms with van der Waals surface area (Å²) in [5.74, 6) is -0.334. The number of carbonyl (C=O) groups excluding carboxylic acids is 1. The van der Waals surface area contributed by atoms with E-state index in [0.29, 0.717) is 10.7 Å². The molecule has 1 amide bonds. The van der Waals surface area contributed by atoms with Gasteiger partial charge < -0.3 is 0 Å². The summed E-state index contributed by atoms with van der Waals surface area (Å²) < 4.78 is 26.1. The molecule has 0 atom stereocenters. The molecule has 1 N–H and O–H groups in total. The van der Waals surface area contributed by atoms with Crippen LogP contribution >= 0.6 is 34.4 Å². The second-order valence-corrected chi connectivity index (χ2v) is 10.8. The molecule has 2 aromatic heterocycles. The van der Waals surface area contributed by atoms with E-state index in [1.54, 1.807) is 23.1 Å². The number of hydrogen-bond donors (Lipinski definition) is 1. The molecule has 2 heterocycles. The van der Waals surface area contributed by atoms with Crippen LogP contribution in [0.3, 0.4) is 0 Å². The van der Waals surface area contributed by atoms with Crippen LogP contribution in [0, 0.1) is 0 Å². The molecule has 4 rings (SSSR count). The minimum absolute atomic E-state index is 0.177. The normalized spacial score (nSPS) is 11.9. The molecule has 0 aliphatic carbocycles. The molecular formula is C17H13N3O3S4. The molecule has 27 heavy (non-hydrogen) atoms. The van der Waals surface area contributed by atoms with Crippen molar-refractivity contribution in [2.24, 2.45) is 0 Å². The quantitative estimate of drug-likeness (QED) is 0.481. The molecule has 0 saturated carbocycles. The highest BCUT2D eigenvalue weighted by atomic mass is 32.2. The first kappa shape index (κ1) is 18.4. The number of aromatic nitrogens is 2. The van der Waals surface area contributed by atoms with E-state index in [1.807, 2.05) is 18.4 Å². The zero-order valence-electron chi connectivity index (χ0n) is 14.2. The van der Waals surface area contributed by atoms with Crippen LogP contribution < -0.4 is 5.32 Å². The fourth-order valence-corrected chi connectivity index (χ4v) is 5.80. The minimum atomic E-state index is -3.29. The largest absolute Gasteiger partial charge is 0.298 e. The van der Waals surface area contributed by atoms with Gasteiger partial charge in [-0.25, -0.2) is 18.4 Å². The van der Waals surface area contributed by atoms with Crippen molar-refractivity contribution in [1.29, 1.82) is 0 Å². The third-order valence-electron chi connectivity index (χ3n) is 3.83. The van der Waals surface area contributed by atoms with Gasteiger partial charge in [-0.1, -0.05) is 23.1 Å². The lowest BCUT2D eigenvalue weighted by atomic mass is 10.2. The number of thioether (sulfide) groups is 1. The maximum Gasteiger partial charge on any atom is 0.257 e. The zero-order chi connectivity index (χ0) is 19.2. The summed E-state index contributed by atoms with van der Waals surface area (Å²) in [5.41, 5.74) is 2.11. The Balaban J connectivity index is 1.64. The van der Waals surface area contributed by atoms with Gasteiger partial charge in [0.15, 0.2) is 19.3 Å². The molecule has 10 heteroatoms. The number of sulfone groups is 1. The van der Waals surface area contributed by atoms with Crippen molar-refractivity contribution in [2.75, 3.05) is 17.8 Å². The summed E-state index contributed by atoms with van der Waals surface area (Å²) in [6.07, 6.45) is 3.12. The number of hydrogen-bond acceptors (Lipinski definition) is 8. The number of carbonyl (C=O) groups is 1. The molecule has 2 aromatic carbocycles. The molecule has 0 radical (unpaired) electrons. The van der Waals surface area contributed by atoms with Crippen molar-refractivity contribution in [3.05, 3.63) is 42.0 Å². The maximum absolute atomic E-state index is 12.5. The highest BCUT2D eigenvalue weighted by Gasteiger charge is 2.15. The fraction of sp³-hybridized carbons (Fsp3) is 0.118. The van der Waals surface area contributed by atoms with Gasteiger partial charge in [-0.05, 0) is 42.7 Å². The average molecular weight is 436 g/mol. The number of benzene rings is 2. The summed E-state index contributed by atoms with van der Waals surface area (Å²) in [6, 6.07) is 9.66. The van der Waals surface area contributed by atoms with Crippen LogP contribution in [0.1, 0.15) is 10.4 Å². The van der Waals surface area contributed by atoms with Crippen LogP contribution in [-0.2, 0) is 9.84 Å². The predicted molar refractivity (Wildman–Crippen MR) is 112 cm³/mol. The molecule has 0 spiro atoms. The highest BCUT2D eigenvalue weighted by molar-refractivity contribution is 8.00. The van der Waals surface area contributed by atoms with Crippen LogP contribution in [0.15, 0.2) is 45.6 Å². The average Bonchev–Trinajstić information content (AvgIpc) is 3.23. The number of thiazole rings is 2. The molecule has 0 aliphatic rings. The van der Waals surface area contributed by atoms with Gasteiger partial charge in [0.1, 0.15) is 0 Å². The first-order valence-electron chi connectivity index (χ1n) is 7.71. The number of nitrogens with one attached hydrogen (secondary N) is 1. The molecule has 0 fully saturated rings. The van der Waals surface area contributed by atoms with Gasteiger partial charge in [0.25, 0.3) is 5.91 Å². The molecular weight excluding hydrogens is 422 g/mol. The third kappa shape index (κ3) is 3.57. The van der Waals surface area contributed by atoms with Gasteiger partial charge in [0.05, 0.1) is 25.3 Å². The molecule has 0 bridgehead atoms. The summed E-state index contributed by atoms with van der Waals surface area (Å²) >= 11 is 4.61. The number of anilines is 1. The van der Waals surface area contributed by atoms with Gasteiger partial charge in [0.2, 0.25) is 0 Å². The number of fused-ring (bicyclic) bond motifs is 3. The Morgan fingerprint density at radius 3 is 2.26 bits per heavy atom. The number of rotatable bonds is 4. The first-order valence-corrected chi connectivity index (χ1v) is 12.5. The summed E-state index contributed by atoms with van der Waals surface area (Å²) in [4.78, 5) is 21.7. The number of amides is 1. The van der Waals surface area contributed by atoms with E-state index in [4.69, 9.17) is 0 Å². The Morgan fingerprint density at radius 1 is 1.00 bits per heavy atom. The van der Waals surface area contributed by atoms with E-state index >= 15 is 0 Å². The lowest BCUT2D eigenvalue weighted by molar-refractivity contribution is 0.102. The van der Waals surface area contributed by atoms with Crippen molar-refractivity contribution in [2.45, 2.75) is 9.24 Å². The van der Waals surface area contributed by atoms with Crippen molar-refractivity contribution < 1.29 is 13.2 Å². The smallest absolute Gasteiger partial charge is 0.257 e.